The molecule has 3 aliphatic rings. The maximum Gasteiger partial charge on any atom is 0.256 e. The minimum absolute atomic E-state index is 0.0388. The van der Waals surface area contributed by atoms with E-state index in [2.05, 4.69) is 10.2 Å². The molecule has 150 valence electrons. The van der Waals surface area contributed by atoms with Crippen molar-refractivity contribution in [1.82, 2.24) is 4.90 Å². The lowest BCUT2D eigenvalue weighted by atomic mass is 9.76. The van der Waals surface area contributed by atoms with Gasteiger partial charge in [0, 0.05) is 28.8 Å². The van der Waals surface area contributed by atoms with Crippen molar-refractivity contribution in [2.75, 3.05) is 11.9 Å². The maximum atomic E-state index is 13.5. The Bertz CT molecular complexity index is 1200. The van der Waals surface area contributed by atoms with Crippen LogP contribution in [0.2, 0.25) is 0 Å². The molecule has 1 amide bonds. The van der Waals surface area contributed by atoms with Crippen LogP contribution in [0.1, 0.15) is 29.9 Å². The summed E-state index contributed by atoms with van der Waals surface area (Å²) in [5.74, 6) is -0.620. The third-order valence-electron chi connectivity index (χ3n) is 7.28. The van der Waals surface area contributed by atoms with Crippen LogP contribution in [0.4, 0.5) is 5.69 Å². The Morgan fingerprint density at radius 2 is 1.80 bits per heavy atom. The Hall–Kier alpha value is -3.25. The fraction of sp³-hybridized carbons (Fsp3) is 0.292. The van der Waals surface area contributed by atoms with Crippen molar-refractivity contribution >= 4 is 22.4 Å². The summed E-state index contributed by atoms with van der Waals surface area (Å²) >= 11 is 0. The third-order valence-corrected chi connectivity index (χ3v) is 7.28. The highest BCUT2D eigenvalue weighted by molar-refractivity contribution is 6.07. The number of nitrogens with one attached hydrogen (secondary N) is 1. The van der Waals surface area contributed by atoms with Gasteiger partial charge in [-0.2, -0.15) is 0 Å². The van der Waals surface area contributed by atoms with E-state index in [1.54, 1.807) is 0 Å². The van der Waals surface area contributed by atoms with Gasteiger partial charge in [0.2, 0.25) is 0 Å². The van der Waals surface area contributed by atoms with Gasteiger partial charge in [-0.3, -0.25) is 19.8 Å². The SMILES string of the molecule is O=C1Nc2ccccc2[C@]12[C@H]([N+](=O)[O-])[C@@H](c1cccc3ccccc13)[C@@H]1CCCN12. The Kier molecular flexibility index (Phi) is 3.59. The second-order valence-corrected chi connectivity index (χ2v) is 8.49. The van der Waals surface area contributed by atoms with Crippen LogP contribution in [0.25, 0.3) is 10.8 Å². The molecule has 2 fully saturated rings. The fourth-order valence-electron chi connectivity index (χ4n) is 6.29. The van der Waals surface area contributed by atoms with E-state index >= 15 is 0 Å². The highest BCUT2D eigenvalue weighted by atomic mass is 16.6. The number of rotatable bonds is 2. The van der Waals surface area contributed by atoms with E-state index in [-0.39, 0.29) is 22.8 Å². The molecule has 0 saturated carbocycles. The molecule has 4 atom stereocenters. The number of hydrogen-bond donors (Lipinski definition) is 1. The van der Waals surface area contributed by atoms with Crippen molar-refractivity contribution in [1.29, 1.82) is 0 Å². The standard InChI is InChI=1S/C24H21N3O3/c28-23-24(18-11-3-4-12-19(18)25-23)22(27(29)30)21(20-13-6-14-26(20)24)17-10-5-8-15-7-1-2-9-16(15)17/h1-5,7-12,20-22H,6,13-14H2,(H,25,28)/t20-,21-,22+,24-/m0/s1. The Morgan fingerprint density at radius 3 is 2.67 bits per heavy atom. The van der Waals surface area contributed by atoms with E-state index < -0.39 is 11.6 Å². The van der Waals surface area contributed by atoms with Gasteiger partial charge in [-0.05, 0) is 35.2 Å². The number of carbonyl (C=O) groups excluding carboxylic acids is 1. The number of nitro groups is 1. The average molecular weight is 399 g/mol. The summed E-state index contributed by atoms with van der Waals surface area (Å²) in [6.07, 6.45) is 1.79. The van der Waals surface area contributed by atoms with Crippen LogP contribution in [0.15, 0.2) is 66.7 Å². The predicted octanol–water partition coefficient (Wildman–Crippen LogP) is 3.89. The first-order valence-corrected chi connectivity index (χ1v) is 10.4. The van der Waals surface area contributed by atoms with Crippen molar-refractivity contribution in [3.63, 3.8) is 0 Å². The van der Waals surface area contributed by atoms with Crippen molar-refractivity contribution < 1.29 is 9.72 Å². The van der Waals surface area contributed by atoms with Gasteiger partial charge >= 0.3 is 0 Å². The van der Waals surface area contributed by atoms with E-state index in [4.69, 9.17) is 0 Å². The number of hydrogen-bond acceptors (Lipinski definition) is 4. The Morgan fingerprint density at radius 1 is 1.03 bits per heavy atom. The Labute approximate surface area is 173 Å². The quantitative estimate of drug-likeness (QED) is 0.524. The van der Waals surface area contributed by atoms with E-state index in [1.807, 2.05) is 66.7 Å². The van der Waals surface area contributed by atoms with Gasteiger partial charge in [0.1, 0.15) is 0 Å². The monoisotopic (exact) mass is 399 g/mol. The summed E-state index contributed by atoms with van der Waals surface area (Å²) < 4.78 is 0. The molecule has 3 aromatic carbocycles. The van der Waals surface area contributed by atoms with Gasteiger partial charge in [0.05, 0.1) is 5.92 Å². The first-order valence-electron chi connectivity index (χ1n) is 10.4. The molecule has 0 aliphatic carbocycles. The molecule has 0 radical (unpaired) electrons. The maximum absolute atomic E-state index is 13.5. The minimum atomic E-state index is -1.26. The highest BCUT2D eigenvalue weighted by Gasteiger charge is 2.73. The molecule has 6 rings (SSSR count). The van der Waals surface area contributed by atoms with Crippen LogP contribution in [-0.2, 0) is 10.3 Å². The van der Waals surface area contributed by atoms with E-state index in [0.29, 0.717) is 12.2 Å². The lowest BCUT2D eigenvalue weighted by Gasteiger charge is -2.32. The van der Waals surface area contributed by atoms with Gasteiger partial charge in [-0.25, -0.2) is 0 Å². The normalized spacial score (nSPS) is 29.9. The van der Waals surface area contributed by atoms with Gasteiger partial charge in [-0.1, -0.05) is 60.7 Å². The second kappa shape index (κ2) is 6.12. The summed E-state index contributed by atoms with van der Waals surface area (Å²) in [6.45, 7) is 0.692. The fourth-order valence-corrected chi connectivity index (χ4v) is 6.29. The minimum Gasteiger partial charge on any atom is -0.324 e. The van der Waals surface area contributed by atoms with E-state index in [0.717, 1.165) is 34.7 Å². The van der Waals surface area contributed by atoms with Gasteiger partial charge < -0.3 is 5.32 Å². The topological polar surface area (TPSA) is 75.5 Å². The predicted molar refractivity (Wildman–Crippen MR) is 114 cm³/mol. The zero-order chi connectivity index (χ0) is 20.5. The van der Waals surface area contributed by atoms with Crippen LogP contribution in [0.3, 0.4) is 0 Å². The highest BCUT2D eigenvalue weighted by Crippen LogP contribution is 2.58. The number of carbonyl (C=O) groups is 1. The molecule has 1 spiro atoms. The van der Waals surface area contributed by atoms with Gasteiger partial charge in [-0.15, -0.1) is 0 Å². The first kappa shape index (κ1) is 17.6. The van der Waals surface area contributed by atoms with Crippen LogP contribution in [-0.4, -0.2) is 34.4 Å². The van der Waals surface area contributed by atoms with Crippen LogP contribution < -0.4 is 5.32 Å². The Balaban J connectivity index is 1.65. The smallest absolute Gasteiger partial charge is 0.256 e. The zero-order valence-electron chi connectivity index (χ0n) is 16.3. The molecule has 1 N–H and O–H groups in total. The van der Waals surface area contributed by atoms with Gasteiger partial charge in [0.25, 0.3) is 11.9 Å². The number of anilines is 1. The zero-order valence-corrected chi connectivity index (χ0v) is 16.3. The number of para-hydroxylation sites is 1. The van der Waals surface area contributed by atoms with E-state index in [1.165, 1.54) is 0 Å². The summed E-state index contributed by atoms with van der Waals surface area (Å²) in [5.41, 5.74) is 1.15. The molecule has 0 aromatic heterocycles. The molecular weight excluding hydrogens is 378 g/mol. The molecule has 0 bridgehead atoms. The molecule has 30 heavy (non-hydrogen) atoms. The lowest BCUT2D eigenvalue weighted by Crippen LogP contribution is -2.55. The van der Waals surface area contributed by atoms with Crippen molar-refractivity contribution in [3.8, 4) is 0 Å². The average Bonchev–Trinajstić information content (AvgIpc) is 3.41. The second-order valence-electron chi connectivity index (χ2n) is 8.49. The first-order chi connectivity index (χ1) is 14.6. The largest absolute Gasteiger partial charge is 0.324 e. The van der Waals surface area contributed by atoms with Crippen molar-refractivity contribution in [3.05, 3.63) is 88.0 Å². The number of benzene rings is 3. The summed E-state index contributed by atoms with van der Waals surface area (Å²) in [4.78, 5) is 28.1. The van der Waals surface area contributed by atoms with Crippen molar-refractivity contribution in [2.45, 2.75) is 36.4 Å². The van der Waals surface area contributed by atoms with Crippen molar-refractivity contribution in [2.24, 2.45) is 0 Å². The molecule has 2 saturated heterocycles. The van der Waals surface area contributed by atoms with Crippen LogP contribution in [0.5, 0.6) is 0 Å². The third kappa shape index (κ3) is 2.04. The lowest BCUT2D eigenvalue weighted by molar-refractivity contribution is -0.534. The molecule has 3 aliphatic heterocycles. The summed E-state index contributed by atoms with van der Waals surface area (Å²) in [7, 11) is 0. The summed E-state index contributed by atoms with van der Waals surface area (Å²) in [6, 6.07) is 20.4. The molecule has 3 aromatic rings. The van der Waals surface area contributed by atoms with Crippen LogP contribution >= 0.6 is 0 Å². The molecule has 0 unspecified atom stereocenters. The van der Waals surface area contributed by atoms with E-state index in [9.17, 15) is 14.9 Å². The molecule has 3 heterocycles. The summed E-state index contributed by atoms with van der Waals surface area (Å²) in [5, 5.41) is 17.7. The number of amides is 1. The molecular formula is C24H21N3O3. The molecule has 6 nitrogen and oxygen atoms in total. The van der Waals surface area contributed by atoms with Crippen LogP contribution in [0, 0.1) is 10.1 Å². The number of fused-ring (bicyclic) bond motifs is 5. The number of nitrogens with zero attached hydrogens (tertiary/aromatic N) is 2. The van der Waals surface area contributed by atoms with Gasteiger partial charge in [0.15, 0.2) is 5.54 Å². The molecule has 6 heteroatoms.